The van der Waals surface area contributed by atoms with E-state index < -0.39 is 5.97 Å². The number of para-hydroxylation sites is 1. The number of phenolic OH excluding ortho intramolecular Hbond substituents is 1. The van der Waals surface area contributed by atoms with E-state index in [1.54, 1.807) is 12.3 Å². The molecule has 3 aromatic rings. The van der Waals surface area contributed by atoms with Gasteiger partial charge in [-0.2, -0.15) is 4.98 Å². The van der Waals surface area contributed by atoms with Gasteiger partial charge in [-0.05, 0) is 43.2 Å². The lowest BCUT2D eigenvalue weighted by Gasteiger charge is -2.13. The summed E-state index contributed by atoms with van der Waals surface area (Å²) in [6, 6.07) is 13.0. The van der Waals surface area contributed by atoms with Gasteiger partial charge in [0.1, 0.15) is 17.1 Å². The van der Waals surface area contributed by atoms with Crippen LogP contribution in [0.1, 0.15) is 28.4 Å². The van der Waals surface area contributed by atoms with Gasteiger partial charge in [-0.25, -0.2) is 9.78 Å². The molecule has 0 unspecified atom stereocenters. The number of methoxy groups -OCH3 is 1. The first-order valence-corrected chi connectivity index (χ1v) is 8.88. The molecule has 0 amide bonds. The zero-order valence-corrected chi connectivity index (χ0v) is 16.0. The Bertz CT molecular complexity index is 990. The van der Waals surface area contributed by atoms with Crippen molar-refractivity contribution in [2.45, 2.75) is 20.3 Å². The Morgan fingerprint density at radius 1 is 1.14 bits per heavy atom. The van der Waals surface area contributed by atoms with Gasteiger partial charge in [-0.1, -0.05) is 25.1 Å². The Balaban J connectivity index is 1.91. The van der Waals surface area contributed by atoms with Crippen LogP contribution in [0.15, 0.2) is 48.7 Å². The second-order valence-electron chi connectivity index (χ2n) is 6.22. The van der Waals surface area contributed by atoms with Gasteiger partial charge >= 0.3 is 5.97 Å². The number of nitrogens with one attached hydrogen (secondary N) is 2. The number of carbonyl (C=O) groups is 1. The highest BCUT2D eigenvalue weighted by Gasteiger charge is 2.17. The average Bonchev–Trinajstić information content (AvgIpc) is 2.71. The molecule has 0 radical (unpaired) electrons. The van der Waals surface area contributed by atoms with E-state index in [4.69, 9.17) is 4.74 Å². The van der Waals surface area contributed by atoms with E-state index in [9.17, 15) is 9.90 Å². The normalized spacial score (nSPS) is 10.4. The highest BCUT2D eigenvalue weighted by atomic mass is 16.5. The fourth-order valence-corrected chi connectivity index (χ4v) is 2.72. The molecule has 0 spiro atoms. The number of aromatic hydroxyl groups is 1. The van der Waals surface area contributed by atoms with E-state index in [0.29, 0.717) is 29.4 Å². The lowest BCUT2D eigenvalue weighted by atomic mass is 10.1. The van der Waals surface area contributed by atoms with Crippen LogP contribution in [0.3, 0.4) is 0 Å². The van der Waals surface area contributed by atoms with Crippen molar-refractivity contribution in [3.63, 3.8) is 0 Å². The van der Waals surface area contributed by atoms with Crippen LogP contribution in [-0.2, 0) is 11.2 Å². The number of aromatic nitrogens is 2. The first-order valence-electron chi connectivity index (χ1n) is 8.88. The number of carbonyl (C=O) groups excluding carboxylic acids is 1. The van der Waals surface area contributed by atoms with Gasteiger partial charge in [-0.15, -0.1) is 0 Å². The molecule has 3 N–H and O–H groups in total. The molecule has 0 bridgehead atoms. The summed E-state index contributed by atoms with van der Waals surface area (Å²) < 4.78 is 4.76. The Labute approximate surface area is 163 Å². The summed E-state index contributed by atoms with van der Waals surface area (Å²) in [5.74, 6) is 0.363. The molecule has 28 heavy (non-hydrogen) atoms. The average molecular weight is 378 g/mol. The molecule has 2 aromatic carbocycles. The summed E-state index contributed by atoms with van der Waals surface area (Å²) in [4.78, 5) is 20.8. The Morgan fingerprint density at radius 2 is 1.89 bits per heavy atom. The summed E-state index contributed by atoms with van der Waals surface area (Å²) in [6.45, 7) is 3.81. The summed E-state index contributed by atoms with van der Waals surface area (Å²) in [6.07, 6.45) is 2.27. The summed E-state index contributed by atoms with van der Waals surface area (Å²) in [5, 5.41) is 16.6. The number of ether oxygens (including phenoxy) is 1. The highest BCUT2D eigenvalue weighted by molar-refractivity contribution is 5.94. The summed E-state index contributed by atoms with van der Waals surface area (Å²) in [7, 11) is 1.28. The second-order valence-corrected chi connectivity index (χ2v) is 6.22. The first kappa shape index (κ1) is 19.2. The molecule has 144 valence electrons. The number of anilines is 4. The molecule has 0 fully saturated rings. The van der Waals surface area contributed by atoms with Crippen molar-refractivity contribution in [3.8, 4) is 5.75 Å². The van der Waals surface area contributed by atoms with Crippen LogP contribution in [-0.4, -0.2) is 28.2 Å². The fourth-order valence-electron chi connectivity index (χ4n) is 2.72. The second kappa shape index (κ2) is 8.39. The Morgan fingerprint density at radius 3 is 2.57 bits per heavy atom. The minimum Gasteiger partial charge on any atom is -0.507 e. The quantitative estimate of drug-likeness (QED) is 0.434. The molecule has 0 saturated heterocycles. The number of phenols is 1. The van der Waals surface area contributed by atoms with E-state index in [1.807, 2.05) is 44.2 Å². The van der Waals surface area contributed by atoms with E-state index in [1.165, 1.54) is 13.2 Å². The number of nitrogens with zero attached hydrogens (tertiary/aromatic N) is 2. The monoisotopic (exact) mass is 378 g/mol. The van der Waals surface area contributed by atoms with Gasteiger partial charge in [0.25, 0.3) is 0 Å². The number of aryl methyl sites for hydroxylation is 2. The van der Waals surface area contributed by atoms with Crippen molar-refractivity contribution in [1.29, 1.82) is 0 Å². The van der Waals surface area contributed by atoms with E-state index in [-0.39, 0.29) is 11.3 Å². The van der Waals surface area contributed by atoms with Gasteiger partial charge in [0.05, 0.1) is 7.11 Å². The number of benzene rings is 2. The van der Waals surface area contributed by atoms with Gasteiger partial charge in [0.15, 0.2) is 0 Å². The summed E-state index contributed by atoms with van der Waals surface area (Å²) in [5.41, 5.74) is 3.12. The van der Waals surface area contributed by atoms with Crippen LogP contribution in [0.4, 0.5) is 23.1 Å². The standard InChI is InChI=1S/C21H22N4O3/c1-4-14-10-16(11-17(18(14)26)20(27)28-3)24-21-22-12-13(2)19(25-21)23-15-8-6-5-7-9-15/h5-12,26H,4H2,1-3H3,(H2,22,23,24,25). The third-order valence-corrected chi connectivity index (χ3v) is 4.24. The zero-order valence-electron chi connectivity index (χ0n) is 16.0. The van der Waals surface area contributed by atoms with E-state index in [2.05, 4.69) is 20.6 Å². The lowest BCUT2D eigenvalue weighted by molar-refractivity contribution is 0.0597. The Kier molecular flexibility index (Phi) is 5.74. The molecule has 7 nitrogen and oxygen atoms in total. The SMILES string of the molecule is CCc1cc(Nc2ncc(C)c(Nc3ccccc3)n2)cc(C(=O)OC)c1O. The van der Waals surface area contributed by atoms with Crippen molar-refractivity contribution in [2.75, 3.05) is 17.7 Å². The van der Waals surface area contributed by atoms with Crippen LogP contribution in [0.25, 0.3) is 0 Å². The van der Waals surface area contributed by atoms with Gasteiger partial charge in [0, 0.05) is 23.1 Å². The molecule has 1 aromatic heterocycles. The molecular weight excluding hydrogens is 356 g/mol. The molecule has 0 aliphatic carbocycles. The molecule has 0 atom stereocenters. The third kappa shape index (κ3) is 4.20. The van der Waals surface area contributed by atoms with E-state index in [0.717, 1.165) is 11.3 Å². The summed E-state index contributed by atoms with van der Waals surface area (Å²) >= 11 is 0. The zero-order chi connectivity index (χ0) is 20.1. The smallest absolute Gasteiger partial charge is 0.341 e. The maximum Gasteiger partial charge on any atom is 0.341 e. The molecule has 0 saturated carbocycles. The number of esters is 1. The van der Waals surface area contributed by atoms with Crippen LogP contribution >= 0.6 is 0 Å². The molecule has 0 aliphatic rings. The lowest BCUT2D eigenvalue weighted by Crippen LogP contribution is -2.06. The third-order valence-electron chi connectivity index (χ3n) is 4.24. The molecule has 0 aliphatic heterocycles. The van der Waals surface area contributed by atoms with Crippen molar-refractivity contribution >= 4 is 29.1 Å². The number of rotatable bonds is 6. The van der Waals surface area contributed by atoms with Crippen molar-refractivity contribution in [3.05, 3.63) is 65.4 Å². The molecule has 3 rings (SSSR count). The van der Waals surface area contributed by atoms with E-state index >= 15 is 0 Å². The van der Waals surface area contributed by atoms with Crippen LogP contribution < -0.4 is 10.6 Å². The topological polar surface area (TPSA) is 96.4 Å². The predicted molar refractivity (Wildman–Crippen MR) is 109 cm³/mol. The van der Waals surface area contributed by atoms with Gasteiger partial charge in [0.2, 0.25) is 5.95 Å². The highest BCUT2D eigenvalue weighted by Crippen LogP contribution is 2.30. The maximum atomic E-state index is 12.0. The fraction of sp³-hybridized carbons (Fsp3) is 0.190. The van der Waals surface area contributed by atoms with Crippen molar-refractivity contribution in [2.24, 2.45) is 0 Å². The van der Waals surface area contributed by atoms with Crippen LogP contribution in [0.5, 0.6) is 5.75 Å². The number of hydrogen-bond acceptors (Lipinski definition) is 7. The molecular formula is C21H22N4O3. The largest absolute Gasteiger partial charge is 0.507 e. The van der Waals surface area contributed by atoms with Crippen LogP contribution in [0.2, 0.25) is 0 Å². The number of hydrogen-bond donors (Lipinski definition) is 3. The predicted octanol–water partition coefficient (Wildman–Crippen LogP) is 4.33. The molecule has 1 heterocycles. The van der Waals surface area contributed by atoms with Gasteiger partial charge < -0.3 is 20.5 Å². The Hall–Kier alpha value is -3.61. The minimum atomic E-state index is -0.605. The van der Waals surface area contributed by atoms with Crippen molar-refractivity contribution < 1.29 is 14.6 Å². The van der Waals surface area contributed by atoms with Crippen molar-refractivity contribution in [1.82, 2.24) is 9.97 Å². The first-order chi connectivity index (χ1) is 13.5. The maximum absolute atomic E-state index is 12.0. The van der Waals surface area contributed by atoms with Crippen LogP contribution in [0, 0.1) is 6.92 Å². The van der Waals surface area contributed by atoms with Gasteiger partial charge in [-0.3, -0.25) is 0 Å². The minimum absolute atomic E-state index is 0.0730. The molecule has 7 heteroatoms.